The Bertz CT molecular complexity index is 958. The van der Waals surface area contributed by atoms with E-state index in [1.54, 1.807) is 39.0 Å². The molecule has 0 N–H and O–H groups in total. The van der Waals surface area contributed by atoms with Crippen molar-refractivity contribution in [3.05, 3.63) is 29.8 Å². The van der Waals surface area contributed by atoms with Gasteiger partial charge in [0.2, 0.25) is 0 Å². The summed E-state index contributed by atoms with van der Waals surface area (Å²) in [6.45, 7) is 9.74. The first-order valence-corrected chi connectivity index (χ1v) is 13.4. The van der Waals surface area contributed by atoms with Crippen molar-refractivity contribution in [2.24, 2.45) is 5.92 Å². The fourth-order valence-corrected chi connectivity index (χ4v) is 4.68. The molecule has 0 atom stereocenters. The van der Waals surface area contributed by atoms with Gasteiger partial charge in [0.05, 0.1) is 18.2 Å². The molecule has 2 heterocycles. The first-order valence-electron chi connectivity index (χ1n) is 13.4. The van der Waals surface area contributed by atoms with Crippen molar-refractivity contribution in [3.63, 3.8) is 0 Å². The van der Waals surface area contributed by atoms with Gasteiger partial charge in [-0.15, -0.1) is 0 Å². The summed E-state index contributed by atoms with van der Waals surface area (Å²) in [6.07, 6.45) is 5.31. The molecule has 2 aliphatic heterocycles. The maximum Gasteiger partial charge on any atom is 0.410 e. The third kappa shape index (κ3) is 8.96. The number of carbonyl (C=O) groups is 3. The molecule has 37 heavy (non-hydrogen) atoms. The molecule has 9 heteroatoms. The smallest absolute Gasteiger partial charge is 0.410 e. The minimum Gasteiger partial charge on any atom is -0.494 e. The van der Waals surface area contributed by atoms with Crippen LogP contribution in [-0.2, 0) is 14.3 Å². The summed E-state index contributed by atoms with van der Waals surface area (Å²) in [7, 11) is 0. The second kappa shape index (κ2) is 13.3. The van der Waals surface area contributed by atoms with Crippen molar-refractivity contribution in [2.75, 3.05) is 45.9 Å². The van der Waals surface area contributed by atoms with Crippen LogP contribution >= 0.6 is 0 Å². The number of nitriles is 1. The van der Waals surface area contributed by atoms with Gasteiger partial charge in [-0.3, -0.25) is 9.59 Å². The van der Waals surface area contributed by atoms with E-state index in [2.05, 4.69) is 6.07 Å². The third-order valence-electron chi connectivity index (χ3n) is 6.78. The van der Waals surface area contributed by atoms with Crippen molar-refractivity contribution >= 4 is 17.9 Å². The number of hydrogen-bond acceptors (Lipinski definition) is 6. The number of ether oxygens (including phenoxy) is 2. The molecular weight excluding hydrogens is 472 g/mol. The van der Waals surface area contributed by atoms with E-state index in [0.29, 0.717) is 56.4 Å². The molecule has 1 aromatic rings. The third-order valence-corrected chi connectivity index (χ3v) is 6.78. The van der Waals surface area contributed by atoms with Crippen LogP contribution in [0, 0.1) is 17.2 Å². The van der Waals surface area contributed by atoms with Crippen LogP contribution in [0.2, 0.25) is 0 Å². The van der Waals surface area contributed by atoms with Gasteiger partial charge in [-0.2, -0.15) is 5.26 Å². The fraction of sp³-hybridized carbons (Fsp3) is 0.643. The second-order valence-electron chi connectivity index (χ2n) is 10.8. The van der Waals surface area contributed by atoms with Crippen molar-refractivity contribution < 1.29 is 23.9 Å². The van der Waals surface area contributed by atoms with Gasteiger partial charge in [-0.05, 0) is 76.6 Å². The van der Waals surface area contributed by atoms with Gasteiger partial charge in [0.1, 0.15) is 11.4 Å². The summed E-state index contributed by atoms with van der Waals surface area (Å²) in [5, 5.41) is 8.84. The Kier molecular flexibility index (Phi) is 10.2. The SMILES string of the molecule is CC(C)(C)OC(=O)N1CCC(CCCCN2CCN(CCCOc3ccc(C#N)cc3)C(=O)C2=O)CC1. The molecule has 2 fully saturated rings. The molecule has 0 spiro atoms. The van der Waals surface area contributed by atoms with Crippen LogP contribution < -0.4 is 4.74 Å². The number of piperazine rings is 1. The Hall–Kier alpha value is -3.28. The Morgan fingerprint density at radius 1 is 0.946 bits per heavy atom. The van der Waals surface area contributed by atoms with Crippen molar-refractivity contribution in [1.29, 1.82) is 5.26 Å². The van der Waals surface area contributed by atoms with Crippen molar-refractivity contribution in [1.82, 2.24) is 14.7 Å². The maximum absolute atomic E-state index is 12.6. The van der Waals surface area contributed by atoms with E-state index in [1.165, 1.54) is 0 Å². The summed E-state index contributed by atoms with van der Waals surface area (Å²) in [4.78, 5) is 42.4. The maximum atomic E-state index is 12.6. The summed E-state index contributed by atoms with van der Waals surface area (Å²) >= 11 is 0. The Labute approximate surface area is 220 Å². The highest BCUT2D eigenvalue weighted by Gasteiger charge is 2.32. The molecule has 3 amide bonds. The topological polar surface area (TPSA) is 103 Å². The second-order valence-corrected chi connectivity index (χ2v) is 10.8. The lowest BCUT2D eigenvalue weighted by atomic mass is 9.91. The molecule has 0 unspecified atom stereocenters. The fourth-order valence-electron chi connectivity index (χ4n) is 4.68. The molecule has 0 radical (unpaired) electrons. The van der Waals surface area contributed by atoms with Crippen molar-refractivity contribution in [3.8, 4) is 11.8 Å². The number of hydrogen-bond donors (Lipinski definition) is 0. The number of unbranched alkanes of at least 4 members (excludes halogenated alkanes) is 1. The monoisotopic (exact) mass is 512 g/mol. The molecule has 0 aromatic heterocycles. The molecule has 1 aromatic carbocycles. The first kappa shape index (κ1) is 28.3. The summed E-state index contributed by atoms with van der Waals surface area (Å²) < 4.78 is 11.1. The lowest BCUT2D eigenvalue weighted by Gasteiger charge is -2.34. The van der Waals surface area contributed by atoms with Crippen LogP contribution in [0.15, 0.2) is 24.3 Å². The average molecular weight is 513 g/mol. The van der Waals surface area contributed by atoms with Crippen LogP contribution in [0.4, 0.5) is 4.79 Å². The van der Waals surface area contributed by atoms with Crippen LogP contribution in [0.1, 0.15) is 64.9 Å². The zero-order valence-electron chi connectivity index (χ0n) is 22.4. The predicted molar refractivity (Wildman–Crippen MR) is 139 cm³/mol. The number of benzene rings is 1. The normalized spacial score (nSPS) is 17.1. The molecule has 0 aliphatic carbocycles. The number of carbonyl (C=O) groups excluding carboxylic acids is 3. The largest absolute Gasteiger partial charge is 0.494 e. The summed E-state index contributed by atoms with van der Waals surface area (Å²) in [5.74, 6) is 0.420. The van der Waals surface area contributed by atoms with E-state index in [1.807, 2.05) is 20.8 Å². The van der Waals surface area contributed by atoms with E-state index in [0.717, 1.165) is 45.2 Å². The summed E-state index contributed by atoms with van der Waals surface area (Å²) in [6, 6.07) is 8.97. The molecule has 3 rings (SSSR count). The highest BCUT2D eigenvalue weighted by atomic mass is 16.6. The molecule has 2 saturated heterocycles. The molecule has 2 aliphatic rings. The average Bonchev–Trinajstić information content (AvgIpc) is 2.87. The predicted octanol–water partition coefficient (Wildman–Crippen LogP) is 3.82. The quantitative estimate of drug-likeness (QED) is 0.349. The molecular formula is C28H40N4O5. The zero-order valence-corrected chi connectivity index (χ0v) is 22.4. The zero-order chi connectivity index (χ0) is 26.8. The van der Waals surface area contributed by atoms with E-state index >= 15 is 0 Å². The van der Waals surface area contributed by atoms with Gasteiger partial charge in [0.25, 0.3) is 0 Å². The lowest BCUT2D eigenvalue weighted by molar-refractivity contribution is -0.156. The van der Waals surface area contributed by atoms with E-state index in [9.17, 15) is 14.4 Å². The van der Waals surface area contributed by atoms with Crippen LogP contribution in [0.5, 0.6) is 5.75 Å². The van der Waals surface area contributed by atoms with Gasteiger partial charge in [0.15, 0.2) is 0 Å². The summed E-state index contributed by atoms with van der Waals surface area (Å²) in [5.41, 5.74) is 0.106. The molecule has 202 valence electrons. The highest BCUT2D eigenvalue weighted by Crippen LogP contribution is 2.24. The lowest BCUT2D eigenvalue weighted by Crippen LogP contribution is -2.54. The van der Waals surface area contributed by atoms with Gasteiger partial charge >= 0.3 is 17.9 Å². The first-order chi connectivity index (χ1) is 17.7. The Morgan fingerprint density at radius 3 is 2.11 bits per heavy atom. The van der Waals surface area contributed by atoms with Crippen molar-refractivity contribution in [2.45, 2.75) is 64.9 Å². The van der Waals surface area contributed by atoms with Crippen LogP contribution in [0.25, 0.3) is 0 Å². The minimum atomic E-state index is -0.472. The minimum absolute atomic E-state index is 0.230. The van der Waals surface area contributed by atoms with Gasteiger partial charge in [-0.1, -0.05) is 12.8 Å². The van der Waals surface area contributed by atoms with E-state index in [4.69, 9.17) is 14.7 Å². The number of nitrogens with zero attached hydrogens (tertiary/aromatic N) is 4. The number of likely N-dealkylation sites (tertiary alicyclic amines) is 1. The van der Waals surface area contributed by atoms with E-state index in [-0.39, 0.29) is 6.09 Å². The molecule has 0 saturated carbocycles. The standard InChI is InChI=1S/C28H40N4O5/c1-28(2,3)37-27(35)32-16-12-22(13-17-32)7-4-5-14-30-18-19-31(26(34)25(30)33)15-6-20-36-24-10-8-23(21-29)9-11-24/h8-11,22H,4-7,12-20H2,1-3H3. The van der Waals surface area contributed by atoms with Crippen LogP contribution in [0.3, 0.4) is 0 Å². The molecule has 9 nitrogen and oxygen atoms in total. The van der Waals surface area contributed by atoms with E-state index < -0.39 is 17.4 Å². The molecule has 0 bridgehead atoms. The van der Waals surface area contributed by atoms with Gasteiger partial charge in [0, 0.05) is 39.3 Å². The number of rotatable bonds is 10. The van der Waals surface area contributed by atoms with Gasteiger partial charge in [-0.25, -0.2) is 4.79 Å². The van der Waals surface area contributed by atoms with Crippen LogP contribution in [-0.4, -0.2) is 84.1 Å². The number of amides is 3. The Morgan fingerprint density at radius 2 is 1.54 bits per heavy atom. The highest BCUT2D eigenvalue weighted by molar-refractivity contribution is 6.35. The Balaban J connectivity index is 1.27. The number of piperidine rings is 1. The van der Waals surface area contributed by atoms with Gasteiger partial charge < -0.3 is 24.2 Å².